The van der Waals surface area contributed by atoms with Crippen molar-refractivity contribution in [3.8, 4) is 11.1 Å². The second kappa shape index (κ2) is 15.5. The molecule has 0 fully saturated rings. The van der Waals surface area contributed by atoms with Crippen LogP contribution in [0.5, 0.6) is 0 Å². The second-order valence-electron chi connectivity index (χ2n) is 11.1. The summed E-state index contributed by atoms with van der Waals surface area (Å²) in [5.41, 5.74) is 3.21. The Morgan fingerprint density at radius 1 is 0.920 bits per heavy atom. The highest BCUT2D eigenvalue weighted by atomic mass is 32.3. The Morgan fingerprint density at radius 3 is 2.14 bits per heavy atom. The molecule has 1 aliphatic carbocycles. The molecule has 3 aromatic carbocycles. The molecule has 17 heteroatoms. The summed E-state index contributed by atoms with van der Waals surface area (Å²) in [5.74, 6) is -3.32. The number of nitrogens with zero attached hydrogens (tertiary/aromatic N) is 3. The van der Waals surface area contributed by atoms with Crippen molar-refractivity contribution in [2.24, 2.45) is 0 Å². The van der Waals surface area contributed by atoms with Crippen LogP contribution in [-0.2, 0) is 35.5 Å². The average Bonchev–Trinajstić information content (AvgIpc) is 3.40. The third-order valence-electron chi connectivity index (χ3n) is 7.66. The largest absolute Gasteiger partial charge is 0.480 e. The maximum atomic E-state index is 13.3. The second-order valence-corrected chi connectivity index (χ2v) is 12.2. The van der Waals surface area contributed by atoms with Crippen LogP contribution in [-0.4, -0.2) is 88.8 Å². The number of benzene rings is 3. The molecule has 5 rings (SSSR count). The molecule has 0 saturated heterocycles. The van der Waals surface area contributed by atoms with E-state index in [-0.39, 0.29) is 18.3 Å². The van der Waals surface area contributed by atoms with Gasteiger partial charge in [0.15, 0.2) is 0 Å². The normalized spacial score (nSPS) is 12.7. The van der Waals surface area contributed by atoms with Crippen molar-refractivity contribution in [2.75, 3.05) is 31.6 Å². The number of carboxylic acid groups (broad SMARTS) is 1. The van der Waals surface area contributed by atoms with Crippen LogP contribution in [0.4, 0.5) is 10.6 Å². The van der Waals surface area contributed by atoms with Crippen molar-refractivity contribution < 1.29 is 46.2 Å². The number of anilines is 1. The van der Waals surface area contributed by atoms with Gasteiger partial charge in [-0.25, -0.2) is 13.8 Å². The van der Waals surface area contributed by atoms with E-state index in [0.29, 0.717) is 5.56 Å². The Morgan fingerprint density at radius 2 is 1.54 bits per heavy atom. The molecule has 16 nitrogen and oxygen atoms in total. The standard InChI is InChI=1S/C33H31N5O11S/c39-29(17-37-15-14-28(36-32(37)43)35-31(42)21-8-2-1-3-9-21)38(18-30(40)41)16-22(19-49-50(45,46)47)34-33(44)48-20-27-25-12-6-4-10-23(25)24-11-5-7-13-26(24)27/h1-15,22,27H,16-20H2,(H,34,44)(H,40,41)(H,45,46,47)(H,35,36,42,43)/t22-/m1/s1. The summed E-state index contributed by atoms with van der Waals surface area (Å²) >= 11 is 0. The van der Waals surface area contributed by atoms with E-state index >= 15 is 0 Å². The number of ether oxygens (including phenoxy) is 1. The first-order valence-corrected chi connectivity index (χ1v) is 16.4. The fourth-order valence-electron chi connectivity index (χ4n) is 5.44. The van der Waals surface area contributed by atoms with Gasteiger partial charge >= 0.3 is 28.2 Å². The highest BCUT2D eigenvalue weighted by Gasteiger charge is 2.30. The van der Waals surface area contributed by atoms with Crippen molar-refractivity contribution in [1.82, 2.24) is 19.8 Å². The molecule has 0 aliphatic heterocycles. The topological polar surface area (TPSA) is 224 Å². The zero-order valence-corrected chi connectivity index (χ0v) is 27.0. The van der Waals surface area contributed by atoms with Gasteiger partial charge in [-0.3, -0.25) is 23.5 Å². The predicted octanol–water partition coefficient (Wildman–Crippen LogP) is 2.14. The molecule has 0 unspecified atom stereocenters. The quantitative estimate of drug-likeness (QED) is 0.139. The molecule has 1 aliphatic rings. The fourth-order valence-corrected chi connectivity index (χ4v) is 5.78. The molecule has 0 saturated carbocycles. The summed E-state index contributed by atoms with van der Waals surface area (Å²) in [7, 11) is -5.01. The van der Waals surface area contributed by atoms with E-state index in [4.69, 9.17) is 9.29 Å². The van der Waals surface area contributed by atoms with Gasteiger partial charge in [0.2, 0.25) is 5.91 Å². The zero-order valence-electron chi connectivity index (χ0n) is 26.2. The van der Waals surface area contributed by atoms with Crippen molar-refractivity contribution in [3.63, 3.8) is 0 Å². The summed E-state index contributed by atoms with van der Waals surface area (Å²) in [6.45, 7) is -3.26. The van der Waals surface area contributed by atoms with E-state index in [9.17, 15) is 37.5 Å². The van der Waals surface area contributed by atoms with E-state index < -0.39 is 72.2 Å². The van der Waals surface area contributed by atoms with Crippen LogP contribution in [0.15, 0.2) is 95.9 Å². The highest BCUT2D eigenvalue weighted by molar-refractivity contribution is 7.80. The van der Waals surface area contributed by atoms with Crippen LogP contribution in [0.3, 0.4) is 0 Å². The molecular weight excluding hydrogens is 674 g/mol. The molecule has 0 bridgehead atoms. The predicted molar refractivity (Wildman–Crippen MR) is 177 cm³/mol. The lowest BCUT2D eigenvalue weighted by molar-refractivity contribution is -0.145. The van der Waals surface area contributed by atoms with Gasteiger partial charge in [-0.2, -0.15) is 13.4 Å². The van der Waals surface area contributed by atoms with Crippen LogP contribution in [0.2, 0.25) is 0 Å². The number of rotatable bonds is 14. The van der Waals surface area contributed by atoms with Crippen molar-refractivity contribution in [1.29, 1.82) is 0 Å². The number of carbonyl (C=O) groups is 4. The van der Waals surface area contributed by atoms with Gasteiger partial charge in [0.1, 0.15) is 25.5 Å². The number of hydrogen-bond acceptors (Lipinski definition) is 10. The Labute approximate surface area is 285 Å². The Hall–Kier alpha value is -5.91. The van der Waals surface area contributed by atoms with Crippen molar-refractivity contribution in [3.05, 3.63) is 118 Å². The molecular formula is C33H31N5O11S. The first-order chi connectivity index (χ1) is 23.9. The molecule has 3 amide bonds. The number of fused-ring (bicyclic) bond motifs is 3. The average molecular weight is 706 g/mol. The molecule has 4 N–H and O–H groups in total. The number of nitrogens with one attached hydrogen (secondary N) is 2. The van der Waals surface area contributed by atoms with Gasteiger partial charge in [0.05, 0.1) is 12.6 Å². The minimum atomic E-state index is -5.01. The molecule has 4 aromatic rings. The molecule has 1 atom stereocenters. The van der Waals surface area contributed by atoms with Gasteiger partial charge < -0.3 is 25.4 Å². The highest BCUT2D eigenvalue weighted by Crippen LogP contribution is 2.44. The first-order valence-electron chi connectivity index (χ1n) is 15.0. The van der Waals surface area contributed by atoms with E-state index in [1.807, 2.05) is 48.5 Å². The number of amides is 3. The number of carbonyl (C=O) groups excluding carboxylic acids is 3. The van der Waals surface area contributed by atoms with Gasteiger partial charge in [-0.15, -0.1) is 0 Å². The Balaban J connectivity index is 1.26. The Kier molecular flexibility index (Phi) is 11.0. The number of aromatic nitrogens is 2. The minimum Gasteiger partial charge on any atom is -0.480 e. The Bertz CT molecular complexity index is 2030. The van der Waals surface area contributed by atoms with Crippen LogP contribution in [0.25, 0.3) is 11.1 Å². The molecule has 260 valence electrons. The summed E-state index contributed by atoms with van der Waals surface area (Å²) < 4.78 is 42.6. The molecule has 0 radical (unpaired) electrons. The molecule has 1 aromatic heterocycles. The van der Waals surface area contributed by atoms with Crippen molar-refractivity contribution in [2.45, 2.75) is 18.5 Å². The molecule has 50 heavy (non-hydrogen) atoms. The SMILES string of the molecule is O=C(O)CN(C[C@H](COS(=O)(=O)O)NC(=O)OCC1c2ccccc2-c2ccccc21)C(=O)Cn1ccc(NC(=O)c2ccccc2)nc1=O. The summed E-state index contributed by atoms with van der Waals surface area (Å²) in [6.07, 6.45) is 0.132. The monoisotopic (exact) mass is 705 g/mol. The first kappa shape index (κ1) is 35.4. The summed E-state index contributed by atoms with van der Waals surface area (Å²) in [6, 6.07) is 23.2. The van der Waals surface area contributed by atoms with Gasteiger partial charge in [0, 0.05) is 24.2 Å². The number of hydrogen-bond donors (Lipinski definition) is 4. The third kappa shape index (κ3) is 9.16. The van der Waals surface area contributed by atoms with Gasteiger partial charge in [-0.1, -0.05) is 66.7 Å². The number of alkyl carbamates (subject to hydrolysis) is 1. The van der Waals surface area contributed by atoms with E-state index in [2.05, 4.69) is 19.8 Å². The van der Waals surface area contributed by atoms with Crippen molar-refractivity contribution >= 4 is 40.1 Å². The maximum absolute atomic E-state index is 13.3. The lowest BCUT2D eigenvalue weighted by Crippen LogP contribution is -2.51. The zero-order chi connectivity index (χ0) is 35.8. The van der Waals surface area contributed by atoms with Crippen LogP contribution >= 0.6 is 0 Å². The molecule has 0 spiro atoms. The van der Waals surface area contributed by atoms with Crippen LogP contribution in [0, 0.1) is 0 Å². The fraction of sp³-hybridized carbons (Fsp3) is 0.212. The summed E-state index contributed by atoms with van der Waals surface area (Å²) in [5, 5.41) is 14.3. The minimum absolute atomic E-state index is 0.0929. The number of aliphatic carboxylic acids is 1. The van der Waals surface area contributed by atoms with E-state index in [1.54, 1.807) is 30.3 Å². The lowest BCUT2D eigenvalue weighted by Gasteiger charge is -2.27. The number of carboxylic acids is 1. The lowest BCUT2D eigenvalue weighted by atomic mass is 9.98. The van der Waals surface area contributed by atoms with Crippen LogP contribution in [0.1, 0.15) is 27.4 Å². The van der Waals surface area contributed by atoms with Gasteiger partial charge in [-0.05, 0) is 40.5 Å². The summed E-state index contributed by atoms with van der Waals surface area (Å²) in [4.78, 5) is 67.5. The van der Waals surface area contributed by atoms with Gasteiger partial charge in [0.25, 0.3) is 5.91 Å². The van der Waals surface area contributed by atoms with Crippen LogP contribution < -0.4 is 16.3 Å². The third-order valence-corrected chi connectivity index (χ3v) is 8.09. The van der Waals surface area contributed by atoms with E-state index in [0.717, 1.165) is 31.7 Å². The maximum Gasteiger partial charge on any atom is 0.407 e. The van der Waals surface area contributed by atoms with E-state index in [1.165, 1.54) is 12.3 Å². The molecule has 1 heterocycles. The smallest absolute Gasteiger partial charge is 0.407 e.